The molecule has 22 aromatic rings. The van der Waals surface area contributed by atoms with Crippen LogP contribution in [0.1, 0.15) is 0 Å². The van der Waals surface area contributed by atoms with Crippen molar-refractivity contribution in [2.75, 3.05) is 10.2 Å². The van der Waals surface area contributed by atoms with Crippen LogP contribution in [0.4, 0.5) is 28.4 Å². The first-order valence-corrected chi connectivity index (χ1v) is 40.7. The fourth-order valence-electron chi connectivity index (χ4n) is 17.4. The fraction of sp³-hybridized carbons (Fsp3) is 0. The van der Waals surface area contributed by atoms with E-state index in [-0.39, 0.29) is 0 Å². The average molecular weight is 1560 g/mol. The van der Waals surface area contributed by atoms with Gasteiger partial charge in [0.25, 0.3) is 0 Å². The van der Waals surface area contributed by atoms with Crippen molar-refractivity contribution in [2.24, 2.45) is 0 Å². The molecule has 2 heterocycles. The van der Waals surface area contributed by atoms with E-state index in [1.165, 1.54) is 154 Å². The molecule has 0 aliphatic carbocycles. The van der Waals surface area contributed by atoms with E-state index in [1.807, 2.05) is 18.2 Å². The van der Waals surface area contributed by atoms with Crippen molar-refractivity contribution in [1.82, 2.24) is 9.13 Å². The third kappa shape index (κ3) is 13.7. The molecule has 1 N–H and O–H groups in total. The fourth-order valence-corrected chi connectivity index (χ4v) is 17.8. The van der Waals surface area contributed by atoms with Gasteiger partial charge in [0, 0.05) is 65.8 Å². The summed E-state index contributed by atoms with van der Waals surface area (Å²) < 4.78 is 5.79. The third-order valence-corrected chi connectivity index (χ3v) is 23.1. The van der Waals surface area contributed by atoms with Gasteiger partial charge in [0.2, 0.25) is 0 Å². The van der Waals surface area contributed by atoms with Crippen LogP contribution in [-0.4, -0.2) is 9.13 Å². The molecule has 0 fully saturated rings. The highest BCUT2D eigenvalue weighted by molar-refractivity contribution is 9.10. The largest absolute Gasteiger partial charge is 0.356 e. The summed E-state index contributed by atoms with van der Waals surface area (Å²) in [6.07, 6.45) is 0. The van der Waals surface area contributed by atoms with Crippen LogP contribution in [0.15, 0.2) is 466 Å². The Labute approximate surface area is 689 Å². The van der Waals surface area contributed by atoms with E-state index in [9.17, 15) is 0 Å². The first-order valence-electron chi connectivity index (χ1n) is 39.9. The average Bonchev–Trinajstić information content (AvgIpc) is 1.72. The smallest absolute Gasteiger partial charge is 0.0542 e. The molecular formula is C112H77BrN4. The summed E-state index contributed by atoms with van der Waals surface area (Å²) in [5, 5.41) is 18.6. The van der Waals surface area contributed by atoms with E-state index in [4.69, 9.17) is 0 Å². The molecule has 0 atom stereocenters. The minimum atomic E-state index is 1.09. The SMILES string of the molecule is Brc1cccc(-c2ccc3c(-c4ccccc4)c4ccccc4c(-c4ccccc4)c3c2)c1.c1ccc(-c2c3ccccc3c(-c3ccccc3)c3cc(-c4cccc(N(c5ccccc5)c5ccc6c(c5)c5ccccc5n6-c5ccccc5)c4)ccc23)cc1.c1ccc(Nc2ccc3c(c2)c2ccccc2n3-c2ccccc2)cc1. The lowest BCUT2D eigenvalue weighted by Gasteiger charge is -2.26. The van der Waals surface area contributed by atoms with Crippen molar-refractivity contribution in [3.8, 4) is 78.1 Å². The van der Waals surface area contributed by atoms with Gasteiger partial charge in [0.05, 0.1) is 22.1 Å². The quantitative estimate of drug-likeness (QED) is 0.116. The highest BCUT2D eigenvalue weighted by Crippen LogP contribution is 2.49. The van der Waals surface area contributed by atoms with Crippen LogP contribution < -0.4 is 10.2 Å². The third-order valence-electron chi connectivity index (χ3n) is 22.6. The Morgan fingerprint density at radius 3 is 0.949 bits per heavy atom. The van der Waals surface area contributed by atoms with Gasteiger partial charge in [-0.05, 0) is 243 Å². The summed E-state index contributed by atoms with van der Waals surface area (Å²) in [5.74, 6) is 0. The van der Waals surface area contributed by atoms with E-state index in [0.29, 0.717) is 0 Å². The van der Waals surface area contributed by atoms with E-state index in [1.54, 1.807) is 0 Å². The molecule has 20 aromatic carbocycles. The van der Waals surface area contributed by atoms with Gasteiger partial charge in [-0.1, -0.05) is 344 Å². The van der Waals surface area contributed by atoms with E-state index < -0.39 is 0 Å². The number of nitrogens with one attached hydrogen (secondary N) is 1. The lowest BCUT2D eigenvalue weighted by Crippen LogP contribution is -2.10. The van der Waals surface area contributed by atoms with Crippen molar-refractivity contribution in [1.29, 1.82) is 0 Å². The number of nitrogens with zero attached hydrogens (tertiary/aromatic N) is 3. The maximum Gasteiger partial charge on any atom is 0.0542 e. The summed E-state index contributed by atoms with van der Waals surface area (Å²) in [6.45, 7) is 0. The molecule has 0 aliphatic rings. The maximum atomic E-state index is 3.64. The van der Waals surface area contributed by atoms with Crippen molar-refractivity contribution >= 4 is 131 Å². The van der Waals surface area contributed by atoms with Crippen LogP contribution in [0.5, 0.6) is 0 Å². The number of para-hydroxylation sites is 6. The minimum absolute atomic E-state index is 1.09. The number of hydrogen-bond donors (Lipinski definition) is 1. The molecule has 0 saturated carbocycles. The normalized spacial score (nSPS) is 11.3. The van der Waals surface area contributed by atoms with Gasteiger partial charge >= 0.3 is 0 Å². The number of anilines is 5. The van der Waals surface area contributed by atoms with Crippen LogP contribution in [0, 0.1) is 0 Å². The molecule has 552 valence electrons. The van der Waals surface area contributed by atoms with Crippen LogP contribution in [-0.2, 0) is 0 Å². The zero-order chi connectivity index (χ0) is 78.0. The Balaban J connectivity index is 0.000000125. The number of halogens is 1. The lowest BCUT2D eigenvalue weighted by atomic mass is 9.85. The van der Waals surface area contributed by atoms with E-state index in [2.05, 4.69) is 478 Å². The van der Waals surface area contributed by atoms with Crippen LogP contribution in [0.2, 0.25) is 0 Å². The van der Waals surface area contributed by atoms with Crippen molar-refractivity contribution < 1.29 is 0 Å². The van der Waals surface area contributed by atoms with Gasteiger partial charge in [-0.15, -0.1) is 0 Å². The van der Waals surface area contributed by atoms with Gasteiger partial charge in [0.15, 0.2) is 0 Å². The van der Waals surface area contributed by atoms with Crippen molar-refractivity contribution in [3.63, 3.8) is 0 Å². The molecule has 0 aliphatic heterocycles. The molecule has 117 heavy (non-hydrogen) atoms. The van der Waals surface area contributed by atoms with Gasteiger partial charge in [-0.2, -0.15) is 0 Å². The van der Waals surface area contributed by atoms with Crippen molar-refractivity contribution in [3.05, 3.63) is 466 Å². The molecule has 0 saturated heterocycles. The lowest BCUT2D eigenvalue weighted by molar-refractivity contribution is 1.18. The number of benzene rings is 20. The number of aromatic nitrogens is 2. The zero-order valence-electron chi connectivity index (χ0n) is 64.1. The molecule has 0 radical (unpaired) electrons. The first-order chi connectivity index (χ1) is 58.0. The molecule has 22 rings (SSSR count). The number of rotatable bonds is 13. The van der Waals surface area contributed by atoms with Gasteiger partial charge < -0.3 is 19.4 Å². The predicted molar refractivity (Wildman–Crippen MR) is 503 cm³/mol. The molecule has 0 unspecified atom stereocenters. The molecule has 0 bridgehead atoms. The first kappa shape index (κ1) is 71.2. The Bertz CT molecular complexity index is 7380. The van der Waals surface area contributed by atoms with Crippen LogP contribution >= 0.6 is 15.9 Å². The van der Waals surface area contributed by atoms with Crippen molar-refractivity contribution in [2.45, 2.75) is 0 Å². The maximum absolute atomic E-state index is 3.64. The summed E-state index contributed by atoms with van der Waals surface area (Å²) >= 11 is 3.64. The van der Waals surface area contributed by atoms with Gasteiger partial charge in [-0.3, -0.25) is 0 Å². The van der Waals surface area contributed by atoms with Crippen LogP contribution in [0.3, 0.4) is 0 Å². The van der Waals surface area contributed by atoms with E-state index >= 15 is 0 Å². The predicted octanol–water partition coefficient (Wildman–Crippen LogP) is 31.8. The Morgan fingerprint density at radius 2 is 0.496 bits per heavy atom. The monoisotopic (exact) mass is 1560 g/mol. The highest BCUT2D eigenvalue weighted by atomic mass is 79.9. The van der Waals surface area contributed by atoms with Gasteiger partial charge in [0.1, 0.15) is 0 Å². The van der Waals surface area contributed by atoms with Gasteiger partial charge in [-0.25, -0.2) is 0 Å². The standard InChI is InChI=1S/C56H38N2.C32H21Br.C24H18N2/c1-5-18-39(19-6-1)55-48-29-13-14-30-49(48)56(40-20-7-2-8-21-40)52-37-42(32-34-50(52)55)41-22-17-27-45(36-41)57(43-23-9-3-10-24-43)46-33-35-54-51(38-46)47-28-15-16-31-53(47)58(54)44-25-11-4-12-26-44;33-26-15-9-14-24(20-26)25-18-19-29-30(21-25)32(23-12-5-2-6-13-23)28-17-8-7-16-27(28)31(29)22-10-3-1-4-11-22;1-3-9-18(10-4-1)25-19-15-16-24-22(17-19)21-13-7-8-14-23(21)26(24)20-11-5-2-6-12-20/h1-38H;1-21H;1-17,25H. The minimum Gasteiger partial charge on any atom is -0.356 e. The Hall–Kier alpha value is -14.9. The number of fused-ring (bicyclic) bond motifs is 10. The summed E-state index contributed by atoms with van der Waals surface area (Å²) in [6, 6.07) is 165. The summed E-state index contributed by atoms with van der Waals surface area (Å²) in [4.78, 5) is 2.38. The Kier molecular flexibility index (Phi) is 19.2. The molecule has 2 aromatic heterocycles. The topological polar surface area (TPSA) is 25.1 Å². The van der Waals surface area contributed by atoms with E-state index in [0.717, 1.165) is 44.2 Å². The second-order valence-corrected chi connectivity index (χ2v) is 30.5. The second-order valence-electron chi connectivity index (χ2n) is 29.6. The molecule has 0 amide bonds. The summed E-state index contributed by atoms with van der Waals surface area (Å²) in [5.41, 5.74) is 27.5. The second kappa shape index (κ2) is 31.6. The summed E-state index contributed by atoms with van der Waals surface area (Å²) in [7, 11) is 0. The Morgan fingerprint density at radius 1 is 0.179 bits per heavy atom. The molecule has 5 heteroatoms. The highest BCUT2D eigenvalue weighted by Gasteiger charge is 2.23. The number of hydrogen-bond acceptors (Lipinski definition) is 2. The molecular weight excluding hydrogens is 1480 g/mol. The zero-order valence-corrected chi connectivity index (χ0v) is 65.7. The molecule has 4 nitrogen and oxygen atoms in total. The van der Waals surface area contributed by atoms with Crippen LogP contribution in [0.25, 0.3) is 165 Å². The molecule has 0 spiro atoms.